The molecule has 0 amide bonds. The number of allylic oxidation sites excluding steroid dienone is 5. The summed E-state index contributed by atoms with van der Waals surface area (Å²) in [6.07, 6.45) is 8.28. The molecule has 0 spiro atoms. The highest BCUT2D eigenvalue weighted by Gasteiger charge is 2.36. The van der Waals surface area contributed by atoms with Gasteiger partial charge in [0.25, 0.3) is 0 Å². The van der Waals surface area contributed by atoms with Gasteiger partial charge in [0.1, 0.15) is 0 Å². The molecule has 1 aromatic rings. The summed E-state index contributed by atoms with van der Waals surface area (Å²) >= 11 is 0. The molecule has 0 fully saturated rings. The summed E-state index contributed by atoms with van der Waals surface area (Å²) < 4.78 is 21.4. The van der Waals surface area contributed by atoms with E-state index in [1.807, 2.05) is 50.3 Å². The normalized spacial score (nSPS) is 13.3. The number of ether oxygens (including phenoxy) is 4. The molecule has 2 atom stereocenters. The second kappa shape index (κ2) is 14.9. The second-order valence-electron chi connectivity index (χ2n) is 7.92. The fourth-order valence-electron chi connectivity index (χ4n) is 3.58. The summed E-state index contributed by atoms with van der Waals surface area (Å²) in [6, 6.07) is 5.55. The highest BCUT2D eigenvalue weighted by Crippen LogP contribution is 2.32. The summed E-state index contributed by atoms with van der Waals surface area (Å²) in [6.45, 7) is 10.4. The Bertz CT molecular complexity index is 852. The molecule has 0 N–H and O–H groups in total. The number of hydrogen-bond acceptors (Lipinski definition) is 6. The highest BCUT2D eigenvalue weighted by molar-refractivity contribution is 5.82. The average molecular weight is 459 g/mol. The van der Waals surface area contributed by atoms with Crippen LogP contribution >= 0.6 is 0 Å². The Kier molecular flexibility index (Phi) is 12.7. The highest BCUT2D eigenvalue weighted by atomic mass is 16.5. The van der Waals surface area contributed by atoms with Gasteiger partial charge in [0.15, 0.2) is 11.5 Å². The lowest BCUT2D eigenvalue weighted by Crippen LogP contribution is -2.33. The zero-order valence-electron chi connectivity index (χ0n) is 20.8. The smallest absolute Gasteiger partial charge is 0.309 e. The van der Waals surface area contributed by atoms with Crippen LogP contribution in [-0.4, -0.2) is 39.9 Å². The number of esters is 2. The molecule has 0 saturated heterocycles. The van der Waals surface area contributed by atoms with Crippen LogP contribution in [0, 0.1) is 11.8 Å². The quantitative estimate of drug-likeness (QED) is 0.209. The van der Waals surface area contributed by atoms with Crippen LogP contribution in [0.2, 0.25) is 0 Å². The number of rotatable bonds is 14. The van der Waals surface area contributed by atoms with Gasteiger partial charge in [-0.1, -0.05) is 49.8 Å². The molecule has 0 aromatic heterocycles. The minimum Gasteiger partial charge on any atom is -0.493 e. The number of carbonyl (C=O) groups is 2. The molecule has 0 heterocycles. The van der Waals surface area contributed by atoms with Crippen LogP contribution in [0.5, 0.6) is 11.5 Å². The first kappa shape index (κ1) is 28.0. The molecule has 0 bridgehead atoms. The monoisotopic (exact) mass is 458 g/mol. The first-order chi connectivity index (χ1) is 15.8. The van der Waals surface area contributed by atoms with Gasteiger partial charge < -0.3 is 18.9 Å². The summed E-state index contributed by atoms with van der Waals surface area (Å²) in [7, 11) is 4.23. The molecule has 0 saturated carbocycles. The third kappa shape index (κ3) is 9.16. The third-order valence-electron chi connectivity index (χ3n) is 5.20. The van der Waals surface area contributed by atoms with Crippen molar-refractivity contribution in [3.8, 4) is 11.5 Å². The minimum absolute atomic E-state index is 0.286. The van der Waals surface area contributed by atoms with Gasteiger partial charge in [0.2, 0.25) is 0 Å². The van der Waals surface area contributed by atoms with Crippen LogP contribution in [0.25, 0.3) is 0 Å². The van der Waals surface area contributed by atoms with Crippen LogP contribution in [0.1, 0.15) is 45.6 Å². The molecule has 0 aliphatic rings. The Balaban J connectivity index is 3.30. The molecule has 1 rings (SSSR count). The molecule has 0 unspecified atom stereocenters. The third-order valence-corrected chi connectivity index (χ3v) is 5.20. The Labute approximate surface area is 198 Å². The standard InChI is InChI=1S/C27H38O6/c1-8-10-14-33-24-13-12-21(18-25(24)30-5)17-23(27(29)32-7)22(26(28)31-6)16-20(11-9-2)15-19(3)4/h9,11-13,15,18,22-23H,3,8,10,14,16-17H2,1-2,4-7H3/b11-9-,20-15+/t22-,23-/m1/s1. The number of hydrogen-bond donors (Lipinski definition) is 0. The number of methoxy groups -OCH3 is 3. The molecular weight excluding hydrogens is 420 g/mol. The minimum atomic E-state index is -0.738. The van der Waals surface area contributed by atoms with Crippen molar-refractivity contribution in [1.82, 2.24) is 0 Å². The van der Waals surface area contributed by atoms with E-state index in [0.29, 0.717) is 24.5 Å². The topological polar surface area (TPSA) is 71.1 Å². The molecule has 0 radical (unpaired) electrons. The van der Waals surface area contributed by atoms with Crippen molar-refractivity contribution in [2.45, 2.75) is 46.5 Å². The van der Waals surface area contributed by atoms with Crippen molar-refractivity contribution in [3.05, 3.63) is 59.7 Å². The van der Waals surface area contributed by atoms with E-state index < -0.39 is 23.8 Å². The van der Waals surface area contributed by atoms with Gasteiger partial charge in [-0.15, -0.1) is 0 Å². The first-order valence-electron chi connectivity index (χ1n) is 11.2. The van der Waals surface area contributed by atoms with Crippen LogP contribution < -0.4 is 9.47 Å². The van der Waals surface area contributed by atoms with Crippen molar-refractivity contribution < 1.29 is 28.5 Å². The van der Waals surface area contributed by atoms with Gasteiger partial charge in [-0.05, 0) is 56.4 Å². The van der Waals surface area contributed by atoms with E-state index in [0.717, 1.165) is 29.6 Å². The molecule has 182 valence electrons. The molecule has 6 heteroatoms. The van der Waals surface area contributed by atoms with E-state index in [-0.39, 0.29) is 6.42 Å². The van der Waals surface area contributed by atoms with Gasteiger partial charge >= 0.3 is 11.9 Å². The Morgan fingerprint density at radius 2 is 1.73 bits per heavy atom. The van der Waals surface area contributed by atoms with Gasteiger partial charge in [0, 0.05) is 0 Å². The Morgan fingerprint density at radius 3 is 2.27 bits per heavy atom. The Hall–Kier alpha value is -3.02. The Morgan fingerprint density at radius 1 is 1.06 bits per heavy atom. The van der Waals surface area contributed by atoms with Crippen molar-refractivity contribution in [1.29, 1.82) is 0 Å². The maximum absolute atomic E-state index is 12.8. The lowest BCUT2D eigenvalue weighted by atomic mass is 9.82. The number of carbonyl (C=O) groups excluding carboxylic acids is 2. The lowest BCUT2D eigenvalue weighted by Gasteiger charge is -2.24. The summed E-state index contributed by atoms with van der Waals surface area (Å²) in [4.78, 5) is 25.6. The van der Waals surface area contributed by atoms with Crippen molar-refractivity contribution in [2.24, 2.45) is 11.8 Å². The van der Waals surface area contributed by atoms with Gasteiger partial charge in [-0.25, -0.2) is 0 Å². The summed E-state index contributed by atoms with van der Waals surface area (Å²) in [5.41, 5.74) is 2.56. The van der Waals surface area contributed by atoms with Crippen molar-refractivity contribution in [3.63, 3.8) is 0 Å². The molecule has 33 heavy (non-hydrogen) atoms. The van der Waals surface area contributed by atoms with Crippen LogP contribution in [-0.2, 0) is 25.5 Å². The molecule has 0 aliphatic carbocycles. The van der Waals surface area contributed by atoms with Crippen LogP contribution in [0.4, 0.5) is 0 Å². The van der Waals surface area contributed by atoms with Crippen LogP contribution in [0.15, 0.2) is 54.2 Å². The van der Waals surface area contributed by atoms with E-state index in [1.54, 1.807) is 7.11 Å². The first-order valence-corrected chi connectivity index (χ1v) is 11.2. The summed E-state index contributed by atoms with van der Waals surface area (Å²) in [5, 5.41) is 0. The van der Waals surface area contributed by atoms with E-state index in [2.05, 4.69) is 13.5 Å². The molecule has 0 aliphatic heterocycles. The number of benzene rings is 1. The zero-order valence-corrected chi connectivity index (χ0v) is 20.8. The zero-order chi connectivity index (χ0) is 24.8. The fourth-order valence-corrected chi connectivity index (χ4v) is 3.58. The van der Waals surface area contributed by atoms with E-state index in [4.69, 9.17) is 18.9 Å². The SMILES string of the molecule is C=C(C)/C=C(\C=C/C)C[C@@H](C(=O)OC)[C@@H](Cc1ccc(OCCCC)c(OC)c1)C(=O)OC. The maximum atomic E-state index is 12.8. The molecule has 6 nitrogen and oxygen atoms in total. The predicted octanol–water partition coefficient (Wildman–Crippen LogP) is 5.46. The lowest BCUT2D eigenvalue weighted by molar-refractivity contribution is -0.157. The van der Waals surface area contributed by atoms with E-state index in [9.17, 15) is 9.59 Å². The fraction of sp³-hybridized carbons (Fsp3) is 0.481. The number of unbranched alkanes of at least 4 members (excludes halogenated alkanes) is 1. The van der Waals surface area contributed by atoms with Crippen LogP contribution in [0.3, 0.4) is 0 Å². The van der Waals surface area contributed by atoms with Gasteiger partial charge in [0.05, 0.1) is 39.8 Å². The van der Waals surface area contributed by atoms with Crippen molar-refractivity contribution >= 4 is 11.9 Å². The van der Waals surface area contributed by atoms with E-state index >= 15 is 0 Å². The maximum Gasteiger partial charge on any atom is 0.309 e. The summed E-state index contributed by atoms with van der Waals surface area (Å²) in [5.74, 6) is -1.17. The molecule has 1 aromatic carbocycles. The average Bonchev–Trinajstić information content (AvgIpc) is 2.80. The largest absolute Gasteiger partial charge is 0.493 e. The van der Waals surface area contributed by atoms with Gasteiger partial charge in [-0.2, -0.15) is 0 Å². The molecular formula is C27H38O6. The van der Waals surface area contributed by atoms with Crippen molar-refractivity contribution in [2.75, 3.05) is 27.9 Å². The second-order valence-corrected chi connectivity index (χ2v) is 7.92. The van der Waals surface area contributed by atoms with Gasteiger partial charge in [-0.3, -0.25) is 9.59 Å². The predicted molar refractivity (Wildman–Crippen MR) is 130 cm³/mol. The van der Waals surface area contributed by atoms with E-state index in [1.165, 1.54) is 14.2 Å².